The largest absolute Gasteiger partial charge is 0.379 e. The van der Waals surface area contributed by atoms with E-state index in [1.807, 2.05) is 6.92 Å². The zero-order valence-electron chi connectivity index (χ0n) is 13.1. The predicted octanol–water partition coefficient (Wildman–Crippen LogP) is 2.39. The molecule has 1 unspecified atom stereocenters. The maximum atomic E-state index is 12.4. The van der Waals surface area contributed by atoms with Crippen LogP contribution in [0.4, 0.5) is 0 Å². The molecule has 3 rings (SSSR count). The first-order valence-corrected chi connectivity index (χ1v) is 8.35. The molecule has 118 valence electrons. The minimum absolute atomic E-state index is 0.213. The third-order valence-corrected chi connectivity index (χ3v) is 5.29. The molecule has 0 aromatic heterocycles. The highest BCUT2D eigenvalue weighted by atomic mass is 16.5. The van der Waals surface area contributed by atoms with E-state index < -0.39 is 0 Å². The molecule has 0 saturated carbocycles. The first-order chi connectivity index (χ1) is 10.2. The van der Waals surface area contributed by atoms with Gasteiger partial charge in [-0.05, 0) is 44.4 Å². The highest BCUT2D eigenvalue weighted by Gasteiger charge is 2.43. The smallest absolute Gasteiger partial charge is 0.226 e. The number of rotatable bonds is 4. The van der Waals surface area contributed by atoms with Crippen LogP contribution in [0.1, 0.15) is 39.0 Å². The Morgan fingerprint density at radius 1 is 1.33 bits per heavy atom. The van der Waals surface area contributed by atoms with Crippen LogP contribution >= 0.6 is 0 Å². The van der Waals surface area contributed by atoms with Crippen molar-refractivity contribution in [1.82, 2.24) is 4.90 Å². The molecule has 1 spiro atoms. The Hall–Kier alpha value is -0.870. The molecule has 0 radical (unpaired) electrons. The number of hydrogen-bond acceptors (Lipinski definition) is 3. The number of piperidine rings is 1. The van der Waals surface area contributed by atoms with Gasteiger partial charge in [0, 0.05) is 25.6 Å². The van der Waals surface area contributed by atoms with Gasteiger partial charge >= 0.3 is 0 Å². The molecular weight excluding hydrogens is 266 g/mol. The Kier molecular flexibility index (Phi) is 4.65. The number of carbonyl (C=O) groups is 1. The molecule has 1 atom stereocenters. The van der Waals surface area contributed by atoms with Crippen LogP contribution < -0.4 is 0 Å². The zero-order valence-corrected chi connectivity index (χ0v) is 13.1. The van der Waals surface area contributed by atoms with E-state index in [1.54, 1.807) is 0 Å². The van der Waals surface area contributed by atoms with Crippen molar-refractivity contribution < 1.29 is 14.3 Å². The van der Waals surface area contributed by atoms with E-state index in [-0.39, 0.29) is 12.0 Å². The van der Waals surface area contributed by atoms with Crippen LogP contribution in [0.5, 0.6) is 0 Å². The minimum atomic E-state index is 0.213. The average molecular weight is 293 g/mol. The lowest BCUT2D eigenvalue weighted by atomic mass is 9.76. The summed E-state index contributed by atoms with van der Waals surface area (Å²) in [4.78, 5) is 14.5. The Labute approximate surface area is 127 Å². The molecule has 0 N–H and O–H groups in total. The first kappa shape index (κ1) is 15.0. The third-order valence-electron chi connectivity index (χ3n) is 5.29. The van der Waals surface area contributed by atoms with Gasteiger partial charge in [0.15, 0.2) is 0 Å². The van der Waals surface area contributed by atoms with Crippen molar-refractivity contribution in [2.24, 2.45) is 11.3 Å². The normalized spacial score (nSPS) is 28.6. The van der Waals surface area contributed by atoms with Crippen LogP contribution in [0.2, 0.25) is 0 Å². The molecule has 4 heteroatoms. The van der Waals surface area contributed by atoms with Gasteiger partial charge in [0.1, 0.15) is 0 Å². The molecule has 21 heavy (non-hydrogen) atoms. The summed E-state index contributed by atoms with van der Waals surface area (Å²) in [6.45, 7) is 6.14. The number of nitrogens with zero attached hydrogens (tertiary/aromatic N) is 1. The Morgan fingerprint density at radius 2 is 2.05 bits per heavy atom. The Morgan fingerprint density at radius 3 is 2.71 bits per heavy atom. The monoisotopic (exact) mass is 293 g/mol. The van der Waals surface area contributed by atoms with Crippen molar-refractivity contribution in [2.75, 3.05) is 32.9 Å². The SMILES string of the molecule is CCOCC1CC2(CCN(C(=O)C3CC=CC3)CC2)CO1. The minimum Gasteiger partial charge on any atom is -0.379 e. The summed E-state index contributed by atoms with van der Waals surface area (Å²) in [7, 11) is 0. The summed E-state index contributed by atoms with van der Waals surface area (Å²) in [6, 6.07) is 0. The van der Waals surface area contributed by atoms with Gasteiger partial charge in [-0.15, -0.1) is 0 Å². The summed E-state index contributed by atoms with van der Waals surface area (Å²) >= 11 is 0. The van der Waals surface area contributed by atoms with Gasteiger partial charge in [0.25, 0.3) is 0 Å². The molecule has 1 aliphatic carbocycles. The van der Waals surface area contributed by atoms with Crippen molar-refractivity contribution in [2.45, 2.75) is 45.1 Å². The summed E-state index contributed by atoms with van der Waals surface area (Å²) in [5, 5.41) is 0. The number of carbonyl (C=O) groups excluding carboxylic acids is 1. The fraction of sp³-hybridized carbons (Fsp3) is 0.824. The summed E-state index contributed by atoms with van der Waals surface area (Å²) < 4.78 is 11.4. The van der Waals surface area contributed by atoms with Crippen LogP contribution in [0, 0.1) is 11.3 Å². The van der Waals surface area contributed by atoms with E-state index in [4.69, 9.17) is 9.47 Å². The van der Waals surface area contributed by atoms with Crippen molar-refractivity contribution in [1.29, 1.82) is 0 Å². The Balaban J connectivity index is 1.47. The lowest BCUT2D eigenvalue weighted by molar-refractivity contribution is -0.137. The van der Waals surface area contributed by atoms with Crippen LogP contribution in [-0.4, -0.2) is 49.8 Å². The van der Waals surface area contributed by atoms with Crippen molar-refractivity contribution in [3.05, 3.63) is 12.2 Å². The molecule has 1 amide bonds. The maximum absolute atomic E-state index is 12.4. The highest BCUT2D eigenvalue weighted by molar-refractivity contribution is 5.79. The first-order valence-electron chi connectivity index (χ1n) is 8.35. The van der Waals surface area contributed by atoms with Crippen molar-refractivity contribution in [3.8, 4) is 0 Å². The topological polar surface area (TPSA) is 38.8 Å². The molecule has 0 bridgehead atoms. The zero-order chi connectivity index (χ0) is 14.7. The summed E-state index contributed by atoms with van der Waals surface area (Å²) in [6.07, 6.45) is 9.66. The van der Waals surface area contributed by atoms with Gasteiger partial charge in [0.05, 0.1) is 19.3 Å². The van der Waals surface area contributed by atoms with Crippen molar-refractivity contribution in [3.63, 3.8) is 0 Å². The fourth-order valence-electron chi connectivity index (χ4n) is 3.88. The summed E-state index contributed by atoms with van der Waals surface area (Å²) in [5.41, 5.74) is 0.298. The molecular formula is C17H27NO3. The number of amides is 1. The molecule has 4 nitrogen and oxygen atoms in total. The highest BCUT2D eigenvalue weighted by Crippen LogP contribution is 2.42. The van der Waals surface area contributed by atoms with E-state index >= 15 is 0 Å². The quantitative estimate of drug-likeness (QED) is 0.747. The fourth-order valence-corrected chi connectivity index (χ4v) is 3.88. The second kappa shape index (κ2) is 6.49. The van der Waals surface area contributed by atoms with E-state index in [2.05, 4.69) is 17.1 Å². The molecule has 2 heterocycles. The van der Waals surface area contributed by atoms with E-state index in [9.17, 15) is 4.79 Å². The van der Waals surface area contributed by atoms with Crippen molar-refractivity contribution >= 4 is 5.91 Å². The molecule has 2 fully saturated rings. The van der Waals surface area contributed by atoms with Gasteiger partial charge in [-0.25, -0.2) is 0 Å². The second-order valence-electron chi connectivity index (χ2n) is 6.76. The van der Waals surface area contributed by atoms with Crippen LogP contribution in [-0.2, 0) is 14.3 Å². The van der Waals surface area contributed by atoms with E-state index in [0.717, 1.165) is 58.4 Å². The average Bonchev–Trinajstić information content (AvgIpc) is 3.16. The number of allylic oxidation sites excluding steroid dienone is 2. The molecule has 2 saturated heterocycles. The summed E-state index contributed by atoms with van der Waals surface area (Å²) in [5.74, 6) is 0.573. The van der Waals surface area contributed by atoms with Gasteiger partial charge < -0.3 is 14.4 Å². The predicted molar refractivity (Wildman–Crippen MR) is 81.0 cm³/mol. The van der Waals surface area contributed by atoms with E-state index in [1.165, 1.54) is 0 Å². The second-order valence-corrected chi connectivity index (χ2v) is 6.76. The number of ether oxygens (including phenoxy) is 2. The van der Waals surface area contributed by atoms with Crippen LogP contribution in [0.15, 0.2) is 12.2 Å². The standard InChI is InChI=1S/C17H27NO3/c1-2-20-12-15-11-17(13-21-15)7-9-18(10-8-17)16(19)14-5-3-4-6-14/h3-4,14-15H,2,5-13H2,1H3. The van der Waals surface area contributed by atoms with Gasteiger partial charge in [0.2, 0.25) is 5.91 Å². The number of likely N-dealkylation sites (tertiary alicyclic amines) is 1. The third kappa shape index (κ3) is 3.32. The van der Waals surface area contributed by atoms with Gasteiger partial charge in [-0.1, -0.05) is 12.2 Å². The lowest BCUT2D eigenvalue weighted by Gasteiger charge is -2.39. The molecule has 0 aromatic rings. The number of hydrogen-bond donors (Lipinski definition) is 0. The van der Waals surface area contributed by atoms with Gasteiger partial charge in [-0.3, -0.25) is 4.79 Å². The van der Waals surface area contributed by atoms with E-state index in [0.29, 0.717) is 17.9 Å². The Bertz CT molecular complexity index is 391. The maximum Gasteiger partial charge on any atom is 0.226 e. The molecule has 2 aliphatic heterocycles. The lowest BCUT2D eigenvalue weighted by Crippen LogP contribution is -2.45. The van der Waals surface area contributed by atoms with Crippen LogP contribution in [0.25, 0.3) is 0 Å². The molecule has 0 aromatic carbocycles. The van der Waals surface area contributed by atoms with Gasteiger partial charge in [-0.2, -0.15) is 0 Å². The van der Waals surface area contributed by atoms with Crippen LogP contribution in [0.3, 0.4) is 0 Å². The molecule has 3 aliphatic rings.